The van der Waals surface area contributed by atoms with Crippen molar-refractivity contribution in [2.75, 3.05) is 25.5 Å². The number of hydrogen-bond acceptors (Lipinski definition) is 3. The Morgan fingerprint density at radius 1 is 1.08 bits per heavy atom. The SMILES string of the molecule is CN=C(NCCCCNc1ccccn1)NCc1ccc(Cl)cc1Cl.I. The second-order valence-electron chi connectivity index (χ2n) is 5.44. The van der Waals surface area contributed by atoms with Gasteiger partial charge in [0, 0.05) is 42.9 Å². The van der Waals surface area contributed by atoms with Gasteiger partial charge >= 0.3 is 0 Å². The zero-order chi connectivity index (χ0) is 17.9. The molecule has 142 valence electrons. The number of unbranched alkanes of at least 4 members (excludes halogenated alkanes) is 1. The van der Waals surface area contributed by atoms with Crippen molar-refractivity contribution < 1.29 is 0 Å². The van der Waals surface area contributed by atoms with Gasteiger partial charge in [-0.1, -0.05) is 35.3 Å². The maximum atomic E-state index is 6.17. The molecule has 1 heterocycles. The Morgan fingerprint density at radius 3 is 2.58 bits per heavy atom. The molecule has 5 nitrogen and oxygen atoms in total. The summed E-state index contributed by atoms with van der Waals surface area (Å²) in [5.74, 6) is 1.66. The summed E-state index contributed by atoms with van der Waals surface area (Å²) in [6.07, 6.45) is 3.86. The molecule has 0 amide bonds. The zero-order valence-electron chi connectivity index (χ0n) is 14.6. The second kappa shape index (κ2) is 13.0. The fraction of sp³-hybridized carbons (Fsp3) is 0.333. The second-order valence-corrected chi connectivity index (χ2v) is 6.28. The minimum absolute atomic E-state index is 0. The van der Waals surface area contributed by atoms with Crippen molar-refractivity contribution >= 4 is 59.0 Å². The summed E-state index contributed by atoms with van der Waals surface area (Å²) in [5.41, 5.74) is 0.980. The molecule has 8 heteroatoms. The average molecular weight is 508 g/mol. The number of guanidine groups is 1. The van der Waals surface area contributed by atoms with E-state index in [2.05, 4.69) is 25.9 Å². The van der Waals surface area contributed by atoms with Crippen LogP contribution in [0.2, 0.25) is 10.0 Å². The van der Waals surface area contributed by atoms with Gasteiger partial charge in [0.15, 0.2) is 5.96 Å². The standard InChI is InChI=1S/C18H23Cl2N5.HI/c1-21-18(25-13-14-7-8-15(19)12-16(14)20)24-11-5-4-10-23-17-6-2-3-9-22-17;/h2-3,6-9,12H,4-5,10-11,13H2,1H3,(H,22,23)(H2,21,24,25);1H. The van der Waals surface area contributed by atoms with Crippen LogP contribution in [0.3, 0.4) is 0 Å². The molecule has 0 saturated heterocycles. The number of rotatable bonds is 8. The highest BCUT2D eigenvalue weighted by Gasteiger charge is 2.03. The Morgan fingerprint density at radius 2 is 1.88 bits per heavy atom. The number of pyridine rings is 1. The zero-order valence-corrected chi connectivity index (χ0v) is 18.5. The van der Waals surface area contributed by atoms with E-state index in [9.17, 15) is 0 Å². The molecule has 0 saturated carbocycles. The lowest BCUT2D eigenvalue weighted by atomic mass is 10.2. The van der Waals surface area contributed by atoms with E-state index in [1.165, 1.54) is 0 Å². The first-order valence-electron chi connectivity index (χ1n) is 8.22. The fourth-order valence-electron chi connectivity index (χ4n) is 2.21. The van der Waals surface area contributed by atoms with Crippen LogP contribution in [0.25, 0.3) is 0 Å². The molecular weight excluding hydrogens is 484 g/mol. The van der Waals surface area contributed by atoms with E-state index in [1.54, 1.807) is 19.3 Å². The molecule has 0 radical (unpaired) electrons. The van der Waals surface area contributed by atoms with Crippen LogP contribution in [0.1, 0.15) is 18.4 Å². The summed E-state index contributed by atoms with van der Waals surface area (Å²) in [6, 6.07) is 11.3. The maximum Gasteiger partial charge on any atom is 0.191 e. The van der Waals surface area contributed by atoms with E-state index < -0.39 is 0 Å². The van der Waals surface area contributed by atoms with Crippen LogP contribution in [0, 0.1) is 0 Å². The third-order valence-electron chi connectivity index (χ3n) is 3.55. The molecule has 0 bridgehead atoms. The van der Waals surface area contributed by atoms with Crippen molar-refractivity contribution in [3.63, 3.8) is 0 Å². The fourth-order valence-corrected chi connectivity index (χ4v) is 2.68. The van der Waals surface area contributed by atoms with Crippen molar-refractivity contribution in [2.45, 2.75) is 19.4 Å². The van der Waals surface area contributed by atoms with Gasteiger partial charge in [-0.25, -0.2) is 4.98 Å². The molecule has 0 spiro atoms. The number of halogens is 3. The lowest BCUT2D eigenvalue weighted by Crippen LogP contribution is -2.37. The van der Waals surface area contributed by atoms with Crippen molar-refractivity contribution in [3.8, 4) is 0 Å². The summed E-state index contributed by atoms with van der Waals surface area (Å²) in [4.78, 5) is 8.44. The van der Waals surface area contributed by atoms with Gasteiger partial charge in [0.05, 0.1) is 0 Å². The van der Waals surface area contributed by atoms with E-state index in [0.29, 0.717) is 16.6 Å². The molecule has 0 fully saturated rings. The summed E-state index contributed by atoms with van der Waals surface area (Å²) in [6.45, 7) is 2.33. The first kappa shape index (κ1) is 22.8. The van der Waals surface area contributed by atoms with Crippen molar-refractivity contribution in [3.05, 3.63) is 58.2 Å². The van der Waals surface area contributed by atoms with Crippen LogP contribution >= 0.6 is 47.2 Å². The molecule has 1 aromatic heterocycles. The Balaban J connectivity index is 0.00000338. The molecule has 3 N–H and O–H groups in total. The predicted octanol–water partition coefficient (Wildman–Crippen LogP) is 4.56. The number of anilines is 1. The number of benzene rings is 1. The monoisotopic (exact) mass is 507 g/mol. The van der Waals surface area contributed by atoms with Crippen molar-refractivity contribution in [2.24, 2.45) is 4.99 Å². The van der Waals surface area contributed by atoms with Crippen LogP contribution in [-0.4, -0.2) is 31.1 Å². The highest BCUT2D eigenvalue weighted by atomic mass is 127. The average Bonchev–Trinajstić information content (AvgIpc) is 2.62. The van der Waals surface area contributed by atoms with Crippen LogP contribution in [-0.2, 0) is 6.54 Å². The maximum absolute atomic E-state index is 6.17. The molecule has 26 heavy (non-hydrogen) atoms. The third-order valence-corrected chi connectivity index (χ3v) is 4.14. The molecule has 0 aliphatic heterocycles. The van der Waals surface area contributed by atoms with Gasteiger partial charge in [-0.3, -0.25) is 4.99 Å². The van der Waals surface area contributed by atoms with Crippen LogP contribution in [0.4, 0.5) is 5.82 Å². The molecule has 1 aromatic carbocycles. The minimum Gasteiger partial charge on any atom is -0.370 e. The normalized spacial score (nSPS) is 10.8. The first-order chi connectivity index (χ1) is 12.2. The number of aliphatic imine (C=N–C) groups is 1. The number of hydrogen-bond donors (Lipinski definition) is 3. The Labute approximate surface area is 182 Å². The molecule has 0 unspecified atom stereocenters. The van der Waals surface area contributed by atoms with E-state index in [1.807, 2.05) is 30.3 Å². The van der Waals surface area contributed by atoms with E-state index >= 15 is 0 Å². The van der Waals surface area contributed by atoms with Crippen LogP contribution in [0.15, 0.2) is 47.6 Å². The molecule has 0 aliphatic carbocycles. The third kappa shape index (κ3) is 8.42. The number of aromatic nitrogens is 1. The van der Waals surface area contributed by atoms with Crippen molar-refractivity contribution in [1.29, 1.82) is 0 Å². The molecule has 0 atom stereocenters. The lowest BCUT2D eigenvalue weighted by Gasteiger charge is -2.13. The smallest absolute Gasteiger partial charge is 0.191 e. The van der Waals surface area contributed by atoms with Crippen LogP contribution < -0.4 is 16.0 Å². The quantitative estimate of drug-likeness (QED) is 0.212. The van der Waals surface area contributed by atoms with Crippen LogP contribution in [0.5, 0.6) is 0 Å². The Hall–Kier alpha value is -1.25. The van der Waals surface area contributed by atoms with E-state index in [4.69, 9.17) is 23.2 Å². The van der Waals surface area contributed by atoms with Gasteiger partial charge in [0.25, 0.3) is 0 Å². The van der Waals surface area contributed by atoms with E-state index in [-0.39, 0.29) is 24.0 Å². The van der Waals surface area contributed by atoms with Gasteiger partial charge in [-0.15, -0.1) is 24.0 Å². The van der Waals surface area contributed by atoms with Gasteiger partial charge in [0.1, 0.15) is 5.82 Å². The molecule has 2 rings (SSSR count). The molecule has 0 aliphatic rings. The molecule has 2 aromatic rings. The summed E-state index contributed by atoms with van der Waals surface area (Å²) >= 11 is 12.1. The predicted molar refractivity (Wildman–Crippen MR) is 122 cm³/mol. The Kier molecular flexibility index (Phi) is 11.4. The van der Waals surface area contributed by atoms with E-state index in [0.717, 1.165) is 43.3 Å². The van der Waals surface area contributed by atoms with Gasteiger partial charge in [-0.2, -0.15) is 0 Å². The summed E-state index contributed by atoms with van der Waals surface area (Å²) in [7, 11) is 1.75. The van der Waals surface area contributed by atoms with Gasteiger partial charge in [-0.05, 0) is 42.7 Å². The summed E-state index contributed by atoms with van der Waals surface area (Å²) < 4.78 is 0. The minimum atomic E-state index is 0. The highest BCUT2D eigenvalue weighted by molar-refractivity contribution is 14.0. The Bertz CT molecular complexity index is 683. The highest BCUT2D eigenvalue weighted by Crippen LogP contribution is 2.20. The van der Waals surface area contributed by atoms with Gasteiger partial charge < -0.3 is 16.0 Å². The first-order valence-corrected chi connectivity index (χ1v) is 8.98. The number of nitrogens with one attached hydrogen (secondary N) is 3. The lowest BCUT2D eigenvalue weighted by molar-refractivity contribution is 0.711. The molecular formula is C18H24Cl2IN5. The van der Waals surface area contributed by atoms with Gasteiger partial charge in [0.2, 0.25) is 0 Å². The summed E-state index contributed by atoms with van der Waals surface area (Å²) in [5, 5.41) is 11.1. The van der Waals surface area contributed by atoms with Crippen molar-refractivity contribution in [1.82, 2.24) is 15.6 Å². The largest absolute Gasteiger partial charge is 0.370 e. The topological polar surface area (TPSA) is 61.3 Å². The number of nitrogens with zero attached hydrogens (tertiary/aromatic N) is 2.